The Balaban J connectivity index is 0.000000237. The molecule has 0 aliphatic heterocycles. The van der Waals surface area contributed by atoms with Crippen molar-refractivity contribution in [1.82, 2.24) is 16.0 Å². The molecule has 24 nitrogen and oxygen atoms in total. The van der Waals surface area contributed by atoms with E-state index in [-0.39, 0.29) is 117 Å². The number of halogens is 6. The predicted molar refractivity (Wildman–Crippen MR) is 445 cm³/mol. The summed E-state index contributed by atoms with van der Waals surface area (Å²) in [6.07, 6.45) is 4.42. The largest absolute Gasteiger partial charge is 0.508 e. The van der Waals surface area contributed by atoms with E-state index in [0.717, 1.165) is 18.8 Å². The van der Waals surface area contributed by atoms with E-state index in [1.165, 1.54) is 127 Å². The van der Waals surface area contributed by atoms with E-state index in [9.17, 15) is 98.4 Å². The maximum atomic E-state index is 13.2. The second kappa shape index (κ2) is 39.4. The summed E-state index contributed by atoms with van der Waals surface area (Å²) in [5.41, 5.74) is 2.78. The van der Waals surface area contributed by atoms with Crippen molar-refractivity contribution in [3.63, 3.8) is 0 Å². The number of amides is 3. The van der Waals surface area contributed by atoms with E-state index in [0.29, 0.717) is 68.6 Å². The normalized spacial score (nSPS) is 13.9. The molecule has 0 heterocycles. The fourth-order valence-corrected chi connectivity index (χ4v) is 20.9. The molecule has 114 heavy (non-hydrogen) atoms. The molecule has 0 aliphatic carbocycles. The third-order valence-electron chi connectivity index (χ3n) is 17.7. The van der Waals surface area contributed by atoms with Crippen LogP contribution in [0.5, 0.6) is 17.2 Å². The highest BCUT2D eigenvalue weighted by atomic mass is 35.5. The highest BCUT2D eigenvalue weighted by molar-refractivity contribution is 7.91. The molecule has 0 spiro atoms. The van der Waals surface area contributed by atoms with Crippen LogP contribution in [0.3, 0.4) is 0 Å². The number of rotatable bonds is 30. The van der Waals surface area contributed by atoms with E-state index < -0.39 is 105 Å². The van der Waals surface area contributed by atoms with Crippen molar-refractivity contribution in [1.29, 1.82) is 0 Å². The quantitative estimate of drug-likeness (QED) is 0.0189. The Bertz CT molecular complexity index is 5110. The van der Waals surface area contributed by atoms with Crippen LogP contribution in [0, 0.1) is 0 Å². The average molecular weight is 1800 g/mol. The van der Waals surface area contributed by atoms with Crippen molar-refractivity contribution in [2.24, 2.45) is 0 Å². The fraction of sp³-hybridized carbons (Fsp3) is 0.231. The second-order valence-electron chi connectivity index (χ2n) is 27.1. The summed E-state index contributed by atoms with van der Waals surface area (Å²) in [6, 6.07) is 41.2. The number of phenolic OH excluding ortho intramolecular Hbond substituents is 3. The highest BCUT2D eigenvalue weighted by Crippen LogP contribution is 2.45. The van der Waals surface area contributed by atoms with E-state index >= 15 is 0 Å². The van der Waals surface area contributed by atoms with Gasteiger partial charge in [0.1, 0.15) is 56.8 Å². The average Bonchev–Trinajstić information content (AvgIpc) is 0.809. The van der Waals surface area contributed by atoms with Gasteiger partial charge >= 0.3 is 17.9 Å². The Kier molecular flexibility index (Phi) is 32.0. The van der Waals surface area contributed by atoms with Gasteiger partial charge in [0.2, 0.25) is 0 Å². The molecular formula is C78H78Cl6N3O21P3S3. The molecule has 6 atom stereocenters. The number of nitrogens with one attached hydrogen (secondary N) is 3. The highest BCUT2D eigenvalue weighted by Gasteiger charge is 2.31. The van der Waals surface area contributed by atoms with E-state index in [1.54, 1.807) is 74.6 Å². The summed E-state index contributed by atoms with van der Waals surface area (Å²) in [5, 5.41) is 66.8. The number of benzene rings is 9. The summed E-state index contributed by atoms with van der Waals surface area (Å²) >= 11 is 38.1. The summed E-state index contributed by atoms with van der Waals surface area (Å²) in [5.74, 6) is -6.32. The Morgan fingerprint density at radius 2 is 0.544 bits per heavy atom. The van der Waals surface area contributed by atoms with Crippen molar-refractivity contribution in [3.8, 4) is 17.2 Å². The summed E-state index contributed by atoms with van der Waals surface area (Å²) in [6.45, 7) is 4.85. The first-order chi connectivity index (χ1) is 53.0. The molecule has 0 saturated carbocycles. The van der Waals surface area contributed by atoms with E-state index in [1.807, 2.05) is 0 Å². The predicted octanol–water partition coefficient (Wildman–Crippen LogP) is 13.2. The summed E-state index contributed by atoms with van der Waals surface area (Å²) in [7, 11) is -18.9. The van der Waals surface area contributed by atoms with E-state index in [4.69, 9.17) is 69.6 Å². The Hall–Kier alpha value is -8.52. The molecule has 0 saturated heterocycles. The molecular weight excluding hydrogens is 1720 g/mol. The van der Waals surface area contributed by atoms with Gasteiger partial charge in [-0.15, -0.1) is 0 Å². The minimum absolute atomic E-state index is 0.00324. The Labute approximate surface area is 689 Å². The Morgan fingerprint density at radius 1 is 0.333 bits per heavy atom. The maximum Gasteiger partial charge on any atom is 0.326 e. The van der Waals surface area contributed by atoms with E-state index in [2.05, 4.69) is 16.0 Å². The van der Waals surface area contributed by atoms with Crippen LogP contribution in [0.2, 0.25) is 30.1 Å². The number of aliphatic carboxylic acids is 3. The first-order valence-corrected chi connectivity index (χ1v) is 49.0. The van der Waals surface area contributed by atoms with Gasteiger partial charge in [-0.1, -0.05) is 142 Å². The minimum atomic E-state index is -3.49. The monoisotopic (exact) mass is 1790 g/mol. The van der Waals surface area contributed by atoms with Gasteiger partial charge in [0, 0.05) is 72.4 Å². The number of sulfone groups is 3. The van der Waals surface area contributed by atoms with Crippen LogP contribution in [-0.2, 0) is 96.1 Å². The van der Waals surface area contributed by atoms with Gasteiger partial charge in [0.25, 0.3) is 17.7 Å². The Morgan fingerprint density at radius 3 is 0.737 bits per heavy atom. The van der Waals surface area contributed by atoms with Crippen molar-refractivity contribution in [2.75, 3.05) is 57.2 Å². The number of hydrogen-bond donors (Lipinski definition) is 9. The van der Waals surface area contributed by atoms with Crippen LogP contribution in [0.4, 0.5) is 0 Å². The number of carboxylic acid groups (broad SMARTS) is 3. The molecule has 1 unspecified atom stereocenters. The number of aryl methyl sites for hydroxylation is 3. The van der Waals surface area contributed by atoms with Gasteiger partial charge in [0.15, 0.2) is 29.5 Å². The van der Waals surface area contributed by atoms with Gasteiger partial charge in [-0.05, 0) is 182 Å². The lowest BCUT2D eigenvalue weighted by molar-refractivity contribution is -0.140. The first kappa shape index (κ1) is 92.6. The minimum Gasteiger partial charge on any atom is -0.508 e. The lowest BCUT2D eigenvalue weighted by Crippen LogP contribution is -2.42. The lowest BCUT2D eigenvalue weighted by atomic mass is 10.0. The van der Waals surface area contributed by atoms with Crippen LogP contribution in [-0.4, -0.2) is 167 Å². The van der Waals surface area contributed by atoms with Gasteiger partial charge in [-0.3, -0.25) is 14.4 Å². The zero-order valence-electron chi connectivity index (χ0n) is 61.6. The van der Waals surface area contributed by atoms with Crippen molar-refractivity contribution in [2.45, 2.75) is 71.3 Å². The number of aromatic hydroxyl groups is 3. The van der Waals surface area contributed by atoms with Gasteiger partial charge < -0.3 is 60.3 Å². The molecule has 0 aliphatic rings. The standard InChI is InChI=1S/3C26H26Cl2NO7PS/c3*1-37(34,19-7-4-6-18(30)15-19)10-9-17-12-21(27)24(22(28)13-17)25(31)29-23(26(32)33)14-16-5-3-8-20(11-16)38(2,35)36/h3*3-8,11-13,15,23,30H,9-10,14H2,1-2H3,(H,29,31)(H,32,33)/t23-,37?;23-,37+;23-,37-/m000/s1. The number of carbonyl (C=O) groups excluding carboxylic acids is 3. The van der Waals surface area contributed by atoms with Gasteiger partial charge in [-0.25, -0.2) is 39.6 Å². The molecule has 606 valence electrons. The molecule has 9 rings (SSSR count). The lowest BCUT2D eigenvalue weighted by Gasteiger charge is -2.17. The maximum absolute atomic E-state index is 13.2. The van der Waals surface area contributed by atoms with Crippen molar-refractivity contribution < 1.29 is 98.4 Å². The molecule has 0 aromatic heterocycles. The van der Waals surface area contributed by atoms with Crippen LogP contribution in [0.15, 0.2) is 197 Å². The molecule has 9 aromatic rings. The number of carboxylic acids is 3. The topological polar surface area (TPSA) is 414 Å². The van der Waals surface area contributed by atoms with Crippen molar-refractivity contribution >= 4 is 172 Å². The number of hydrogen-bond acceptors (Lipinski definition) is 18. The zero-order valence-corrected chi connectivity index (χ0v) is 71.2. The third kappa shape index (κ3) is 26.8. The molecule has 9 aromatic carbocycles. The molecule has 36 heteroatoms. The van der Waals surface area contributed by atoms with Crippen molar-refractivity contribution in [3.05, 3.63) is 262 Å². The molecule has 3 amide bonds. The zero-order chi connectivity index (χ0) is 84.8. The van der Waals surface area contributed by atoms with Crippen LogP contribution in [0.1, 0.15) is 64.5 Å². The summed E-state index contributed by atoms with van der Waals surface area (Å²) < 4.78 is 110. The van der Waals surface area contributed by atoms with Gasteiger partial charge in [-0.2, -0.15) is 0 Å². The summed E-state index contributed by atoms with van der Waals surface area (Å²) in [4.78, 5) is 74.5. The third-order valence-corrected chi connectivity index (χ3v) is 30.2. The van der Waals surface area contributed by atoms with Crippen LogP contribution < -0.4 is 31.9 Å². The molecule has 0 fully saturated rings. The number of carbonyl (C=O) groups is 6. The van der Waals surface area contributed by atoms with Crippen LogP contribution >= 0.6 is 91.0 Å². The molecule has 9 N–H and O–H groups in total. The first-order valence-electron chi connectivity index (χ1n) is 34.0. The number of phenols is 3. The fourth-order valence-electron chi connectivity index (χ4n) is 11.4. The van der Waals surface area contributed by atoms with Gasteiger partial charge in [0.05, 0.1) is 61.5 Å². The molecule has 0 bridgehead atoms. The second-order valence-corrected chi connectivity index (χ2v) is 45.0. The van der Waals surface area contributed by atoms with Crippen LogP contribution in [0.25, 0.3) is 0 Å². The SMILES string of the molecule is CP(=O)(CCc1cc(Cl)c(C(=O)N[C@@H](Cc2cccc(S(C)(=O)=O)c2)C(=O)O)c(Cl)c1)c1cccc(O)c1.C[P@@](=O)(CCc1cc(Cl)c(C(=O)N[C@@H](Cc2cccc(S(C)(=O)=O)c2)C(=O)O)c(Cl)c1)c1cccc(O)c1.C[P@](=O)(CCc1cc(Cl)c(C(=O)N[C@@H](Cc2cccc(S(C)(=O)=O)c2)C(=O)O)c(Cl)c1)c1cccc(O)c1. The smallest absolute Gasteiger partial charge is 0.326 e. The molecule has 0 radical (unpaired) electrons.